The second-order valence-corrected chi connectivity index (χ2v) is 7.67. The van der Waals surface area contributed by atoms with Crippen LogP contribution in [-0.4, -0.2) is 46.3 Å². The van der Waals surface area contributed by atoms with Crippen molar-refractivity contribution in [2.24, 2.45) is 13.0 Å². The molecule has 0 N–H and O–H groups in total. The minimum Gasteiger partial charge on any atom is -0.462 e. The zero-order valence-electron chi connectivity index (χ0n) is 16.8. The molecule has 27 heavy (non-hydrogen) atoms. The Morgan fingerprint density at radius 2 is 2.15 bits per heavy atom. The average molecular weight is 368 g/mol. The molecule has 1 fully saturated rings. The summed E-state index contributed by atoms with van der Waals surface area (Å²) in [7, 11) is 5.79. The fourth-order valence-corrected chi connectivity index (χ4v) is 4.09. The molecular weight excluding hydrogens is 340 g/mol. The van der Waals surface area contributed by atoms with Crippen LogP contribution < -0.4 is 0 Å². The molecule has 2 aromatic rings. The van der Waals surface area contributed by atoms with Gasteiger partial charge in [-0.05, 0) is 42.9 Å². The van der Waals surface area contributed by atoms with Crippen LogP contribution in [0.4, 0.5) is 0 Å². The fourth-order valence-electron chi connectivity index (χ4n) is 4.09. The van der Waals surface area contributed by atoms with Crippen LogP contribution in [0.5, 0.6) is 0 Å². The summed E-state index contributed by atoms with van der Waals surface area (Å²) in [6, 6.07) is 8.20. The lowest BCUT2D eigenvalue weighted by atomic mass is 9.58. The monoisotopic (exact) mass is 368 g/mol. The highest BCUT2D eigenvalue weighted by Crippen LogP contribution is 2.51. The number of nitrogens with zero attached hydrogens (tertiary/aromatic N) is 4. The van der Waals surface area contributed by atoms with Gasteiger partial charge in [0, 0.05) is 27.3 Å². The van der Waals surface area contributed by atoms with Crippen molar-refractivity contribution in [2.75, 3.05) is 20.7 Å². The number of rotatable bonds is 6. The van der Waals surface area contributed by atoms with Gasteiger partial charge in [0.15, 0.2) is 0 Å². The minimum absolute atomic E-state index is 0.154. The van der Waals surface area contributed by atoms with Crippen molar-refractivity contribution in [1.29, 1.82) is 0 Å². The van der Waals surface area contributed by atoms with Crippen LogP contribution in [0.1, 0.15) is 43.6 Å². The molecule has 1 aromatic carbocycles. The van der Waals surface area contributed by atoms with Crippen molar-refractivity contribution < 1.29 is 9.53 Å². The van der Waals surface area contributed by atoms with Crippen LogP contribution in [-0.2, 0) is 22.0 Å². The van der Waals surface area contributed by atoms with Crippen molar-refractivity contribution in [3.8, 4) is 0 Å². The average Bonchev–Trinajstić information content (AvgIpc) is 3.03. The summed E-state index contributed by atoms with van der Waals surface area (Å²) in [6.07, 6.45) is 5.61. The van der Waals surface area contributed by atoms with E-state index in [0.717, 1.165) is 24.2 Å². The first kappa shape index (κ1) is 19.1. The number of hydrogen-bond donors (Lipinski definition) is 0. The van der Waals surface area contributed by atoms with E-state index in [1.807, 2.05) is 55.9 Å². The molecule has 0 aliphatic heterocycles. The molecule has 0 amide bonds. The zero-order chi connectivity index (χ0) is 19.6. The Morgan fingerprint density at radius 1 is 1.41 bits per heavy atom. The molecule has 144 valence electrons. The molecule has 1 aliphatic rings. The van der Waals surface area contributed by atoms with Gasteiger partial charge in [-0.3, -0.25) is 0 Å². The Bertz CT molecular complexity index is 847. The molecule has 6 heteroatoms. The highest BCUT2D eigenvalue weighted by molar-refractivity contribution is 6.16. The third-order valence-corrected chi connectivity index (χ3v) is 5.14. The predicted octanol–water partition coefficient (Wildman–Crippen LogP) is 3.00. The highest BCUT2D eigenvalue weighted by Gasteiger charge is 2.48. The van der Waals surface area contributed by atoms with Crippen LogP contribution in [0, 0.1) is 5.92 Å². The van der Waals surface area contributed by atoms with Gasteiger partial charge in [0.1, 0.15) is 12.2 Å². The maximum absolute atomic E-state index is 12.5. The van der Waals surface area contributed by atoms with Gasteiger partial charge < -0.3 is 14.2 Å². The SMILES string of the molecule is CCOC(=O)C(=CN(C)C)c1cccc(C2(c3nncn3C)CC(C)C2)c1. The number of benzene rings is 1. The van der Waals surface area contributed by atoms with E-state index in [1.54, 1.807) is 6.33 Å². The van der Waals surface area contributed by atoms with E-state index in [0.29, 0.717) is 18.1 Å². The summed E-state index contributed by atoms with van der Waals surface area (Å²) in [5.74, 6) is 1.30. The van der Waals surface area contributed by atoms with E-state index in [9.17, 15) is 4.79 Å². The van der Waals surface area contributed by atoms with Crippen molar-refractivity contribution in [1.82, 2.24) is 19.7 Å². The molecule has 0 saturated heterocycles. The van der Waals surface area contributed by atoms with Crippen molar-refractivity contribution in [2.45, 2.75) is 32.1 Å². The standard InChI is InChI=1S/C21H28N4O2/c1-6-27-19(26)18(13-24(3)4)16-8-7-9-17(10-16)21(11-15(2)12-21)20-23-22-14-25(20)5/h7-10,13-15H,6,11-12H2,1-5H3. The molecule has 0 unspecified atom stereocenters. The lowest BCUT2D eigenvalue weighted by Gasteiger charge is -2.46. The number of hydrogen-bond acceptors (Lipinski definition) is 5. The normalized spacial score (nSPS) is 22.3. The van der Waals surface area contributed by atoms with Gasteiger partial charge in [-0.2, -0.15) is 0 Å². The van der Waals surface area contributed by atoms with E-state index in [1.165, 1.54) is 5.56 Å². The van der Waals surface area contributed by atoms with E-state index in [4.69, 9.17) is 4.74 Å². The van der Waals surface area contributed by atoms with Crippen molar-refractivity contribution >= 4 is 11.5 Å². The summed E-state index contributed by atoms with van der Waals surface area (Å²) < 4.78 is 7.27. The van der Waals surface area contributed by atoms with Gasteiger partial charge in [-0.15, -0.1) is 10.2 Å². The molecule has 1 heterocycles. The van der Waals surface area contributed by atoms with Gasteiger partial charge in [0.2, 0.25) is 0 Å². The Kier molecular flexibility index (Phi) is 5.35. The van der Waals surface area contributed by atoms with Gasteiger partial charge in [0.05, 0.1) is 17.6 Å². The van der Waals surface area contributed by atoms with Gasteiger partial charge in [0.25, 0.3) is 0 Å². The maximum atomic E-state index is 12.5. The number of carbonyl (C=O) groups is 1. The van der Waals surface area contributed by atoms with E-state index >= 15 is 0 Å². The summed E-state index contributed by atoms with van der Waals surface area (Å²) in [4.78, 5) is 14.4. The summed E-state index contributed by atoms with van der Waals surface area (Å²) in [5, 5.41) is 8.50. The molecule has 0 radical (unpaired) electrons. The summed E-state index contributed by atoms with van der Waals surface area (Å²) in [5.41, 5.74) is 2.44. The molecule has 1 aromatic heterocycles. The lowest BCUT2D eigenvalue weighted by Crippen LogP contribution is -2.43. The first-order valence-electron chi connectivity index (χ1n) is 9.38. The van der Waals surface area contributed by atoms with Crippen molar-refractivity contribution in [3.05, 3.63) is 53.7 Å². The summed E-state index contributed by atoms with van der Waals surface area (Å²) in [6.45, 7) is 4.43. The third kappa shape index (κ3) is 3.61. The molecule has 0 spiro atoms. The Morgan fingerprint density at radius 3 is 2.70 bits per heavy atom. The molecule has 6 nitrogen and oxygen atoms in total. The second-order valence-electron chi connectivity index (χ2n) is 7.67. The van der Waals surface area contributed by atoms with Crippen LogP contribution in [0.2, 0.25) is 0 Å². The van der Waals surface area contributed by atoms with E-state index in [-0.39, 0.29) is 11.4 Å². The molecule has 3 rings (SSSR count). The summed E-state index contributed by atoms with van der Waals surface area (Å²) >= 11 is 0. The number of carbonyl (C=O) groups excluding carboxylic acids is 1. The molecule has 1 aliphatic carbocycles. The first-order valence-corrected chi connectivity index (χ1v) is 9.38. The zero-order valence-corrected chi connectivity index (χ0v) is 16.8. The van der Waals surface area contributed by atoms with Crippen LogP contribution in [0.25, 0.3) is 5.57 Å². The van der Waals surface area contributed by atoms with Gasteiger partial charge in [-0.25, -0.2) is 4.79 Å². The lowest BCUT2D eigenvalue weighted by molar-refractivity contribution is -0.136. The number of aryl methyl sites for hydroxylation is 1. The molecular formula is C21H28N4O2. The minimum atomic E-state index is -0.307. The maximum Gasteiger partial charge on any atom is 0.340 e. The smallest absolute Gasteiger partial charge is 0.340 e. The molecule has 0 atom stereocenters. The van der Waals surface area contributed by atoms with Crippen molar-refractivity contribution in [3.63, 3.8) is 0 Å². The van der Waals surface area contributed by atoms with Gasteiger partial charge >= 0.3 is 5.97 Å². The van der Waals surface area contributed by atoms with E-state index in [2.05, 4.69) is 29.3 Å². The first-order chi connectivity index (χ1) is 12.9. The topological polar surface area (TPSA) is 60.2 Å². The van der Waals surface area contributed by atoms with Gasteiger partial charge in [-0.1, -0.05) is 25.1 Å². The van der Waals surface area contributed by atoms with Crippen LogP contribution >= 0.6 is 0 Å². The quantitative estimate of drug-likeness (QED) is 0.579. The number of esters is 1. The molecule has 0 bridgehead atoms. The number of aromatic nitrogens is 3. The Hall–Kier alpha value is -2.63. The van der Waals surface area contributed by atoms with E-state index < -0.39 is 0 Å². The van der Waals surface area contributed by atoms with Crippen LogP contribution in [0.3, 0.4) is 0 Å². The second kappa shape index (κ2) is 7.55. The highest BCUT2D eigenvalue weighted by atomic mass is 16.5. The number of ether oxygens (including phenoxy) is 1. The Balaban J connectivity index is 2.06. The fraction of sp³-hybridized carbons (Fsp3) is 0.476. The predicted molar refractivity (Wildman–Crippen MR) is 105 cm³/mol. The largest absolute Gasteiger partial charge is 0.462 e. The third-order valence-electron chi connectivity index (χ3n) is 5.14. The molecule has 1 saturated carbocycles. The van der Waals surface area contributed by atoms with Crippen LogP contribution in [0.15, 0.2) is 36.8 Å². The Labute approximate surface area is 160 Å².